The van der Waals surface area contributed by atoms with Crippen molar-refractivity contribution in [1.82, 2.24) is 9.55 Å². The first-order valence-electron chi connectivity index (χ1n) is 13.1. The van der Waals surface area contributed by atoms with E-state index in [0.717, 1.165) is 46.7 Å². The molecule has 1 aliphatic rings. The second kappa shape index (κ2) is 10.1. The summed E-state index contributed by atoms with van der Waals surface area (Å²) in [5.74, 6) is -2.09. The summed E-state index contributed by atoms with van der Waals surface area (Å²) in [4.78, 5) is 17.5. The smallest absolute Gasteiger partial charge is 0.337 e. The summed E-state index contributed by atoms with van der Waals surface area (Å²) < 4.78 is 41.5. The van der Waals surface area contributed by atoms with Gasteiger partial charge in [0.05, 0.1) is 18.2 Å². The molecule has 8 heteroatoms. The highest BCUT2D eigenvalue weighted by molar-refractivity contribution is 5.98. The third kappa shape index (κ3) is 5.13. The summed E-state index contributed by atoms with van der Waals surface area (Å²) in [6.45, 7) is 9.79. The van der Waals surface area contributed by atoms with E-state index >= 15 is 0 Å². The molecule has 0 bridgehead atoms. The quantitative estimate of drug-likeness (QED) is 0.284. The van der Waals surface area contributed by atoms with Crippen molar-refractivity contribution >= 4 is 17.0 Å². The zero-order valence-corrected chi connectivity index (χ0v) is 22.7. The number of halogens is 2. The second-order valence-electron chi connectivity index (χ2n) is 11.0. The van der Waals surface area contributed by atoms with Gasteiger partial charge in [0.1, 0.15) is 11.4 Å². The Morgan fingerprint density at radius 1 is 1.13 bits per heavy atom. The summed E-state index contributed by atoms with van der Waals surface area (Å²) in [6, 6.07) is 11.3. The fourth-order valence-electron chi connectivity index (χ4n) is 5.28. The van der Waals surface area contributed by atoms with Gasteiger partial charge in [-0.2, -0.15) is 0 Å². The lowest BCUT2D eigenvalue weighted by atomic mass is 9.90. The molecule has 0 saturated carbocycles. The van der Waals surface area contributed by atoms with Gasteiger partial charge >= 0.3 is 5.97 Å². The maximum atomic E-state index is 14.1. The van der Waals surface area contributed by atoms with Crippen LogP contribution in [-0.2, 0) is 16.0 Å². The zero-order chi connectivity index (χ0) is 28.1. The Labute approximate surface area is 226 Å². The molecule has 204 valence electrons. The number of fused-ring (bicyclic) bond motifs is 2. The Hall–Kier alpha value is -3.78. The molecule has 39 heavy (non-hydrogen) atoms. The van der Waals surface area contributed by atoms with E-state index in [9.17, 15) is 18.7 Å². The molecule has 4 aromatic rings. The molecular formula is C31H32F2N2O4. The highest BCUT2D eigenvalue weighted by atomic mass is 19.2. The number of benzene rings is 2. The van der Waals surface area contributed by atoms with Gasteiger partial charge in [0.25, 0.3) is 0 Å². The molecule has 0 fully saturated rings. The van der Waals surface area contributed by atoms with Crippen molar-refractivity contribution in [2.75, 3.05) is 6.61 Å². The second-order valence-corrected chi connectivity index (χ2v) is 11.0. The highest BCUT2D eigenvalue weighted by Gasteiger charge is 2.33. The first kappa shape index (κ1) is 26.8. The molecule has 2 aromatic carbocycles. The lowest BCUT2D eigenvalue weighted by molar-refractivity contribution is -0.160. The number of nitrogens with zero attached hydrogens (tertiary/aromatic N) is 2. The third-order valence-electron chi connectivity index (χ3n) is 7.09. The van der Waals surface area contributed by atoms with Crippen molar-refractivity contribution in [1.29, 1.82) is 0 Å². The van der Waals surface area contributed by atoms with Gasteiger partial charge in [-0.1, -0.05) is 12.1 Å². The fraction of sp³-hybridized carbons (Fsp3) is 0.355. The van der Waals surface area contributed by atoms with E-state index in [1.807, 2.05) is 56.7 Å². The molecule has 0 radical (unpaired) electrons. The number of hydrogen-bond donors (Lipinski definition) is 1. The van der Waals surface area contributed by atoms with E-state index in [1.54, 1.807) is 13.0 Å². The minimum Gasteiger partial charge on any atom is -0.493 e. The van der Waals surface area contributed by atoms with E-state index in [4.69, 9.17) is 14.5 Å². The molecule has 0 aliphatic carbocycles. The molecule has 2 unspecified atom stereocenters. The van der Waals surface area contributed by atoms with Gasteiger partial charge in [-0.25, -0.2) is 18.6 Å². The van der Waals surface area contributed by atoms with Crippen LogP contribution in [0, 0.1) is 18.6 Å². The summed E-state index contributed by atoms with van der Waals surface area (Å²) in [5, 5.41) is 11.0. The van der Waals surface area contributed by atoms with Crippen LogP contribution in [0.1, 0.15) is 68.6 Å². The van der Waals surface area contributed by atoms with Crippen LogP contribution in [0.2, 0.25) is 0 Å². The maximum Gasteiger partial charge on any atom is 0.337 e. The Kier molecular flexibility index (Phi) is 6.93. The number of aryl methyl sites for hydroxylation is 2. The predicted molar refractivity (Wildman–Crippen MR) is 145 cm³/mol. The van der Waals surface area contributed by atoms with E-state index in [0.29, 0.717) is 29.1 Å². The lowest BCUT2D eigenvalue weighted by Gasteiger charge is -2.28. The zero-order valence-electron chi connectivity index (χ0n) is 22.7. The SMILES string of the molecule is Cc1nc2c(ccn2C(C)c2ccc(F)c(F)c2)c(-c2ccc3c(c2)CCCO3)c1C(OC(C)(C)C)C(=O)O. The molecular weight excluding hydrogens is 502 g/mol. The number of hydrogen-bond acceptors (Lipinski definition) is 4. The Bertz CT molecular complexity index is 1570. The van der Waals surface area contributed by atoms with Crippen molar-refractivity contribution in [3.8, 4) is 16.9 Å². The van der Waals surface area contributed by atoms with E-state index in [1.165, 1.54) is 6.07 Å². The number of aromatic nitrogens is 2. The fourth-order valence-corrected chi connectivity index (χ4v) is 5.28. The average molecular weight is 535 g/mol. The minimum absolute atomic E-state index is 0.360. The lowest BCUT2D eigenvalue weighted by Crippen LogP contribution is -2.28. The largest absolute Gasteiger partial charge is 0.493 e. The van der Waals surface area contributed by atoms with Gasteiger partial charge in [0, 0.05) is 28.4 Å². The van der Waals surface area contributed by atoms with Crippen LogP contribution in [-0.4, -0.2) is 32.8 Å². The molecule has 1 aliphatic heterocycles. The van der Waals surface area contributed by atoms with Crippen molar-refractivity contribution < 1.29 is 28.2 Å². The molecule has 0 amide bonds. The van der Waals surface area contributed by atoms with Crippen molar-refractivity contribution in [2.24, 2.45) is 0 Å². The van der Waals surface area contributed by atoms with Gasteiger partial charge < -0.3 is 19.1 Å². The van der Waals surface area contributed by atoms with Gasteiger partial charge in [0.15, 0.2) is 17.7 Å². The number of aliphatic carboxylic acids is 1. The van der Waals surface area contributed by atoms with Crippen molar-refractivity contribution in [2.45, 2.75) is 65.2 Å². The van der Waals surface area contributed by atoms with Crippen LogP contribution in [0.15, 0.2) is 48.7 Å². The molecule has 5 rings (SSSR count). The van der Waals surface area contributed by atoms with Crippen LogP contribution < -0.4 is 4.74 Å². The number of carboxylic acids is 1. The Morgan fingerprint density at radius 2 is 1.90 bits per heavy atom. The summed E-state index contributed by atoms with van der Waals surface area (Å²) in [7, 11) is 0. The van der Waals surface area contributed by atoms with E-state index in [-0.39, 0.29) is 6.04 Å². The van der Waals surface area contributed by atoms with Gasteiger partial charge in [-0.3, -0.25) is 0 Å². The molecule has 6 nitrogen and oxygen atoms in total. The third-order valence-corrected chi connectivity index (χ3v) is 7.09. The molecule has 3 heterocycles. The first-order chi connectivity index (χ1) is 18.4. The summed E-state index contributed by atoms with van der Waals surface area (Å²) in [5.41, 5.74) is 4.09. The van der Waals surface area contributed by atoms with Gasteiger partial charge in [-0.15, -0.1) is 0 Å². The van der Waals surface area contributed by atoms with Crippen LogP contribution in [0.4, 0.5) is 8.78 Å². The van der Waals surface area contributed by atoms with E-state index in [2.05, 4.69) is 6.07 Å². The van der Waals surface area contributed by atoms with Crippen LogP contribution in [0.3, 0.4) is 0 Å². The maximum absolute atomic E-state index is 14.1. The summed E-state index contributed by atoms with van der Waals surface area (Å²) >= 11 is 0. The van der Waals surface area contributed by atoms with Crippen molar-refractivity contribution in [3.05, 3.63) is 82.7 Å². The average Bonchev–Trinajstić information content (AvgIpc) is 3.30. The van der Waals surface area contributed by atoms with Crippen molar-refractivity contribution in [3.63, 3.8) is 0 Å². The predicted octanol–water partition coefficient (Wildman–Crippen LogP) is 7.17. The van der Waals surface area contributed by atoms with Crippen LogP contribution in [0.25, 0.3) is 22.2 Å². The molecule has 0 saturated heterocycles. The van der Waals surface area contributed by atoms with Crippen LogP contribution >= 0.6 is 0 Å². The number of ether oxygens (including phenoxy) is 2. The molecule has 2 atom stereocenters. The van der Waals surface area contributed by atoms with Gasteiger partial charge in [-0.05, 0) is 94.5 Å². The van der Waals surface area contributed by atoms with Gasteiger partial charge in [0.2, 0.25) is 0 Å². The Balaban J connectivity index is 1.76. The Morgan fingerprint density at radius 3 is 2.59 bits per heavy atom. The molecule has 0 spiro atoms. The topological polar surface area (TPSA) is 73.6 Å². The molecule has 1 N–H and O–H groups in total. The summed E-state index contributed by atoms with van der Waals surface area (Å²) in [6.07, 6.45) is 2.36. The number of rotatable bonds is 6. The highest BCUT2D eigenvalue weighted by Crippen LogP contribution is 2.42. The van der Waals surface area contributed by atoms with E-state index < -0.39 is 29.3 Å². The first-order valence-corrected chi connectivity index (χ1v) is 13.1. The number of pyridine rings is 1. The minimum atomic E-state index is -1.25. The normalized spacial score (nSPS) is 15.1. The number of carbonyl (C=O) groups is 1. The van der Waals surface area contributed by atoms with Crippen LogP contribution in [0.5, 0.6) is 5.75 Å². The molecule has 2 aromatic heterocycles. The monoisotopic (exact) mass is 534 g/mol. The standard InChI is InChI=1S/C31H32F2N2O4/c1-17-26(28(30(36)37)39-31(3,4)5)27(21-9-11-25-20(15-21)7-6-14-38-25)22-12-13-35(29(22)34-17)18(2)19-8-10-23(32)24(33)16-19/h8-13,15-16,18,28H,6-7,14H2,1-5H3,(H,36,37). The number of carboxylic acid groups (broad SMARTS) is 1.